The van der Waals surface area contributed by atoms with Crippen LogP contribution in [0.15, 0.2) is 103 Å². The number of benzene rings is 3. The molecule has 3 aromatic carbocycles. The summed E-state index contributed by atoms with van der Waals surface area (Å²) in [5, 5.41) is 0. The van der Waals surface area contributed by atoms with Crippen LogP contribution in [-0.2, 0) is 5.41 Å². The van der Waals surface area contributed by atoms with Gasteiger partial charge in [-0.2, -0.15) is 0 Å². The Bertz CT molecular complexity index is 1030. The molecule has 0 fully saturated rings. The minimum Gasteiger partial charge on any atom is -0.256 e. The van der Waals surface area contributed by atoms with E-state index in [-0.39, 0.29) is 5.41 Å². The van der Waals surface area contributed by atoms with Crippen LogP contribution in [0.4, 0.5) is 0 Å². The van der Waals surface area contributed by atoms with Gasteiger partial charge in [0.1, 0.15) is 0 Å². The molecule has 1 aromatic heterocycles. The minimum atomic E-state index is -0.131. The molecular formula is C26H23N. The molecule has 0 spiro atoms. The van der Waals surface area contributed by atoms with E-state index in [1.165, 1.54) is 22.3 Å². The minimum absolute atomic E-state index is 0.131. The Labute approximate surface area is 161 Å². The fourth-order valence-corrected chi connectivity index (χ4v) is 3.63. The molecular weight excluding hydrogens is 326 g/mol. The zero-order chi connectivity index (χ0) is 18.7. The van der Waals surface area contributed by atoms with Gasteiger partial charge in [0.15, 0.2) is 0 Å². The highest BCUT2D eigenvalue weighted by molar-refractivity contribution is 5.73. The molecule has 1 nitrogen and oxygen atoms in total. The summed E-state index contributed by atoms with van der Waals surface area (Å²) in [7, 11) is 0. The first-order chi connectivity index (χ1) is 13.2. The van der Waals surface area contributed by atoms with Gasteiger partial charge in [-0.3, -0.25) is 4.98 Å². The third-order valence-electron chi connectivity index (χ3n) is 5.22. The van der Waals surface area contributed by atoms with Crippen LogP contribution >= 0.6 is 0 Å². The van der Waals surface area contributed by atoms with Gasteiger partial charge in [0.2, 0.25) is 0 Å². The first kappa shape index (κ1) is 17.2. The van der Waals surface area contributed by atoms with Gasteiger partial charge < -0.3 is 0 Å². The first-order valence-electron chi connectivity index (χ1n) is 9.33. The van der Waals surface area contributed by atoms with Gasteiger partial charge in [-0.15, -0.1) is 0 Å². The average molecular weight is 349 g/mol. The summed E-state index contributed by atoms with van der Waals surface area (Å²) in [4.78, 5) is 4.78. The molecule has 0 saturated carbocycles. The van der Waals surface area contributed by atoms with E-state index in [2.05, 4.69) is 98.8 Å². The highest BCUT2D eigenvalue weighted by Gasteiger charge is 2.26. The number of hydrogen-bond acceptors (Lipinski definition) is 1. The molecule has 4 aromatic rings. The predicted octanol–water partition coefficient (Wildman–Crippen LogP) is 6.74. The molecule has 0 aliphatic heterocycles. The molecule has 27 heavy (non-hydrogen) atoms. The fourth-order valence-electron chi connectivity index (χ4n) is 3.63. The summed E-state index contributed by atoms with van der Waals surface area (Å²) in [6, 6.07) is 34.0. The van der Waals surface area contributed by atoms with Crippen LogP contribution in [0.5, 0.6) is 0 Å². The van der Waals surface area contributed by atoms with Gasteiger partial charge in [0, 0.05) is 17.2 Å². The SMILES string of the molecule is CC(C)(c1ccccc1)c1cccnc1-c1cccc(-c2ccccc2)c1. The lowest BCUT2D eigenvalue weighted by Crippen LogP contribution is -2.20. The lowest BCUT2D eigenvalue weighted by atomic mass is 9.76. The third kappa shape index (κ3) is 3.41. The molecule has 0 bridgehead atoms. The Balaban J connectivity index is 1.83. The normalized spacial score (nSPS) is 11.3. The summed E-state index contributed by atoms with van der Waals surface area (Å²) in [5.41, 5.74) is 7.02. The summed E-state index contributed by atoms with van der Waals surface area (Å²) < 4.78 is 0. The van der Waals surface area contributed by atoms with Gasteiger partial charge in [-0.1, -0.05) is 98.8 Å². The second-order valence-electron chi connectivity index (χ2n) is 7.34. The van der Waals surface area contributed by atoms with Gasteiger partial charge in [0.05, 0.1) is 5.69 Å². The molecule has 0 unspecified atom stereocenters. The molecule has 0 aliphatic carbocycles. The molecule has 0 amide bonds. The molecule has 4 rings (SSSR count). The molecule has 0 N–H and O–H groups in total. The molecule has 0 saturated heterocycles. The fraction of sp³-hybridized carbons (Fsp3) is 0.115. The van der Waals surface area contributed by atoms with E-state index in [1.54, 1.807) is 0 Å². The zero-order valence-corrected chi connectivity index (χ0v) is 15.8. The van der Waals surface area contributed by atoms with Gasteiger partial charge >= 0.3 is 0 Å². The monoisotopic (exact) mass is 349 g/mol. The molecule has 1 heteroatoms. The van der Waals surface area contributed by atoms with Crippen molar-refractivity contribution in [1.82, 2.24) is 4.98 Å². The largest absolute Gasteiger partial charge is 0.256 e. The Hall–Kier alpha value is -3.19. The number of nitrogens with zero attached hydrogens (tertiary/aromatic N) is 1. The molecule has 0 radical (unpaired) electrons. The van der Waals surface area contributed by atoms with E-state index in [0.717, 1.165) is 11.3 Å². The van der Waals surface area contributed by atoms with Crippen molar-refractivity contribution in [2.24, 2.45) is 0 Å². The van der Waals surface area contributed by atoms with Crippen molar-refractivity contribution in [1.29, 1.82) is 0 Å². The maximum absolute atomic E-state index is 4.78. The van der Waals surface area contributed by atoms with E-state index in [4.69, 9.17) is 4.98 Å². The lowest BCUT2D eigenvalue weighted by Gasteiger charge is -2.28. The second kappa shape index (κ2) is 7.20. The van der Waals surface area contributed by atoms with Crippen LogP contribution in [0.25, 0.3) is 22.4 Å². The quantitative estimate of drug-likeness (QED) is 0.397. The summed E-state index contributed by atoms with van der Waals surface area (Å²) in [5.74, 6) is 0. The van der Waals surface area contributed by atoms with E-state index in [0.29, 0.717) is 0 Å². The van der Waals surface area contributed by atoms with Crippen LogP contribution in [0.3, 0.4) is 0 Å². The average Bonchev–Trinajstić information content (AvgIpc) is 2.75. The van der Waals surface area contributed by atoms with Gasteiger partial charge in [-0.05, 0) is 34.4 Å². The summed E-state index contributed by atoms with van der Waals surface area (Å²) in [6.07, 6.45) is 1.88. The second-order valence-corrected chi connectivity index (χ2v) is 7.34. The highest BCUT2D eigenvalue weighted by atomic mass is 14.7. The maximum Gasteiger partial charge on any atom is 0.0742 e. The lowest BCUT2D eigenvalue weighted by molar-refractivity contribution is 0.640. The molecule has 0 atom stereocenters. The summed E-state index contributed by atoms with van der Waals surface area (Å²) >= 11 is 0. The van der Waals surface area contributed by atoms with Crippen molar-refractivity contribution >= 4 is 0 Å². The van der Waals surface area contributed by atoms with Crippen molar-refractivity contribution in [2.45, 2.75) is 19.3 Å². The van der Waals surface area contributed by atoms with Gasteiger partial charge in [-0.25, -0.2) is 0 Å². The van der Waals surface area contributed by atoms with Crippen molar-refractivity contribution in [2.75, 3.05) is 0 Å². The number of aromatic nitrogens is 1. The van der Waals surface area contributed by atoms with Crippen molar-refractivity contribution in [3.63, 3.8) is 0 Å². The number of rotatable bonds is 4. The van der Waals surface area contributed by atoms with Crippen LogP contribution in [0, 0.1) is 0 Å². The summed E-state index contributed by atoms with van der Waals surface area (Å²) in [6.45, 7) is 4.54. The third-order valence-corrected chi connectivity index (χ3v) is 5.22. The Morgan fingerprint density at radius 2 is 1.22 bits per heavy atom. The van der Waals surface area contributed by atoms with Crippen LogP contribution in [0.2, 0.25) is 0 Å². The van der Waals surface area contributed by atoms with Crippen molar-refractivity contribution in [3.05, 3.63) is 114 Å². The van der Waals surface area contributed by atoms with E-state index < -0.39 is 0 Å². The topological polar surface area (TPSA) is 12.9 Å². The van der Waals surface area contributed by atoms with Gasteiger partial charge in [0.25, 0.3) is 0 Å². The van der Waals surface area contributed by atoms with Crippen molar-refractivity contribution < 1.29 is 0 Å². The van der Waals surface area contributed by atoms with E-state index in [1.807, 2.05) is 18.3 Å². The standard InChI is InChI=1S/C26H23N/c1-26(2,23-15-7-4-8-16-23)24-17-10-18-27-25(24)22-14-9-13-21(19-22)20-11-5-3-6-12-20/h3-19H,1-2H3. The zero-order valence-electron chi connectivity index (χ0n) is 15.8. The Morgan fingerprint density at radius 3 is 1.96 bits per heavy atom. The van der Waals surface area contributed by atoms with Crippen LogP contribution < -0.4 is 0 Å². The molecule has 0 aliphatic rings. The molecule has 132 valence electrons. The van der Waals surface area contributed by atoms with Crippen LogP contribution in [0.1, 0.15) is 25.0 Å². The predicted molar refractivity (Wildman–Crippen MR) is 114 cm³/mol. The van der Waals surface area contributed by atoms with E-state index in [9.17, 15) is 0 Å². The number of hydrogen-bond donors (Lipinski definition) is 0. The smallest absolute Gasteiger partial charge is 0.0742 e. The Kier molecular flexibility index (Phi) is 4.60. The Morgan fingerprint density at radius 1 is 0.593 bits per heavy atom. The highest BCUT2D eigenvalue weighted by Crippen LogP contribution is 2.37. The first-order valence-corrected chi connectivity index (χ1v) is 9.33. The molecule has 1 heterocycles. The van der Waals surface area contributed by atoms with Crippen molar-refractivity contribution in [3.8, 4) is 22.4 Å². The maximum atomic E-state index is 4.78. The number of pyridine rings is 1. The van der Waals surface area contributed by atoms with Crippen LogP contribution in [-0.4, -0.2) is 4.98 Å². The van der Waals surface area contributed by atoms with E-state index >= 15 is 0 Å².